The highest BCUT2D eigenvalue weighted by molar-refractivity contribution is 6.04. The van der Waals surface area contributed by atoms with Crippen molar-refractivity contribution < 1.29 is 9.90 Å². The Labute approximate surface area is 105 Å². The highest BCUT2D eigenvalue weighted by Gasteiger charge is 2.12. The van der Waals surface area contributed by atoms with Gasteiger partial charge in [0.15, 0.2) is 0 Å². The van der Waals surface area contributed by atoms with E-state index in [2.05, 4.69) is 5.32 Å². The largest absolute Gasteiger partial charge is 0.398 e. The number of nitrogens with two attached hydrogens (primary N) is 1. The molecule has 2 aromatic carbocycles. The first kappa shape index (κ1) is 12.4. The third-order valence-corrected chi connectivity index (χ3v) is 2.81. The molecule has 1 amide bonds. The van der Waals surface area contributed by atoms with E-state index in [9.17, 15) is 4.79 Å². The minimum atomic E-state index is -0.289. The first-order valence-corrected chi connectivity index (χ1v) is 5.82. The molecule has 0 fully saturated rings. The minimum absolute atomic E-state index is 0.0980. The van der Waals surface area contributed by atoms with Gasteiger partial charge in [-0.05, 0) is 29.8 Å². The number of aliphatic hydroxyl groups is 1. The lowest BCUT2D eigenvalue weighted by molar-refractivity contribution is 0.0923. The lowest BCUT2D eigenvalue weighted by Crippen LogP contribution is -2.35. The van der Waals surface area contributed by atoms with Gasteiger partial charge in [0, 0.05) is 11.7 Å². The maximum absolute atomic E-state index is 12.0. The van der Waals surface area contributed by atoms with Crippen LogP contribution in [0.4, 0.5) is 5.69 Å². The monoisotopic (exact) mass is 244 g/mol. The zero-order valence-electron chi connectivity index (χ0n) is 10.2. The van der Waals surface area contributed by atoms with Gasteiger partial charge < -0.3 is 16.2 Å². The zero-order chi connectivity index (χ0) is 13.1. The first-order chi connectivity index (χ1) is 8.61. The van der Waals surface area contributed by atoms with Crippen LogP contribution >= 0.6 is 0 Å². The summed E-state index contributed by atoms with van der Waals surface area (Å²) < 4.78 is 0. The molecule has 0 aliphatic rings. The molecule has 0 unspecified atom stereocenters. The fourth-order valence-electron chi connectivity index (χ4n) is 1.80. The predicted octanol–water partition coefficient (Wildman–Crippen LogP) is 1.53. The Kier molecular flexibility index (Phi) is 3.48. The highest BCUT2D eigenvalue weighted by atomic mass is 16.3. The van der Waals surface area contributed by atoms with Crippen LogP contribution in [0, 0.1) is 0 Å². The molecule has 0 aromatic heterocycles. The van der Waals surface area contributed by atoms with E-state index in [1.165, 1.54) is 0 Å². The van der Waals surface area contributed by atoms with Crippen LogP contribution in [-0.4, -0.2) is 23.7 Å². The van der Waals surface area contributed by atoms with Crippen LogP contribution in [-0.2, 0) is 0 Å². The molecule has 1 atom stereocenters. The van der Waals surface area contributed by atoms with Crippen molar-refractivity contribution in [3.8, 4) is 0 Å². The normalized spacial score (nSPS) is 12.3. The Morgan fingerprint density at radius 3 is 2.56 bits per heavy atom. The van der Waals surface area contributed by atoms with E-state index in [0.29, 0.717) is 11.3 Å². The number of benzene rings is 2. The maximum Gasteiger partial charge on any atom is 0.253 e. The van der Waals surface area contributed by atoms with Crippen LogP contribution in [0.1, 0.15) is 17.3 Å². The molecule has 0 radical (unpaired) electrons. The number of carbonyl (C=O) groups excluding carboxylic acids is 1. The standard InChI is InChI=1S/C14H16N2O2/c1-9(8-17)16-14(18)12-6-10-4-2-3-5-11(10)7-13(12)15/h2-7,9,17H,8,15H2,1H3,(H,16,18)/t9-/m1/s1. The summed E-state index contributed by atoms with van der Waals surface area (Å²) in [4.78, 5) is 12.0. The number of amides is 1. The third-order valence-electron chi connectivity index (χ3n) is 2.81. The lowest BCUT2D eigenvalue weighted by atomic mass is 10.0. The van der Waals surface area contributed by atoms with E-state index in [1.807, 2.05) is 24.3 Å². The number of fused-ring (bicyclic) bond motifs is 1. The smallest absolute Gasteiger partial charge is 0.253 e. The van der Waals surface area contributed by atoms with Crippen LogP contribution in [0.25, 0.3) is 10.8 Å². The number of nitrogens with one attached hydrogen (secondary N) is 1. The van der Waals surface area contributed by atoms with Crippen molar-refractivity contribution in [3.05, 3.63) is 42.0 Å². The molecule has 0 bridgehead atoms. The number of carbonyl (C=O) groups is 1. The molecule has 0 saturated heterocycles. The molecular formula is C14H16N2O2. The number of aliphatic hydroxyl groups excluding tert-OH is 1. The van der Waals surface area contributed by atoms with E-state index in [1.54, 1.807) is 19.1 Å². The second-order valence-electron chi connectivity index (χ2n) is 4.34. The zero-order valence-corrected chi connectivity index (χ0v) is 10.2. The van der Waals surface area contributed by atoms with Gasteiger partial charge >= 0.3 is 0 Å². The van der Waals surface area contributed by atoms with Crippen molar-refractivity contribution in [2.24, 2.45) is 0 Å². The van der Waals surface area contributed by atoms with Gasteiger partial charge in [-0.2, -0.15) is 0 Å². The van der Waals surface area contributed by atoms with Gasteiger partial charge in [0.2, 0.25) is 0 Å². The second kappa shape index (κ2) is 5.06. The summed E-state index contributed by atoms with van der Waals surface area (Å²) in [7, 11) is 0. The molecule has 0 aliphatic heterocycles. The molecule has 2 rings (SSSR count). The van der Waals surface area contributed by atoms with E-state index in [-0.39, 0.29) is 18.6 Å². The quantitative estimate of drug-likeness (QED) is 0.717. The SMILES string of the molecule is C[C@H](CO)NC(=O)c1cc2ccccc2cc1N. The summed E-state index contributed by atoms with van der Waals surface area (Å²) in [5.74, 6) is -0.264. The molecule has 18 heavy (non-hydrogen) atoms. The topological polar surface area (TPSA) is 75.3 Å². The van der Waals surface area contributed by atoms with Crippen LogP contribution in [0.3, 0.4) is 0 Å². The molecule has 0 aliphatic carbocycles. The van der Waals surface area contributed by atoms with Crippen molar-refractivity contribution in [3.63, 3.8) is 0 Å². The van der Waals surface area contributed by atoms with Crippen LogP contribution < -0.4 is 11.1 Å². The first-order valence-electron chi connectivity index (χ1n) is 5.82. The van der Waals surface area contributed by atoms with E-state index < -0.39 is 0 Å². The van der Waals surface area contributed by atoms with Crippen molar-refractivity contribution in [1.29, 1.82) is 0 Å². The number of rotatable bonds is 3. The molecule has 0 heterocycles. The Morgan fingerprint density at radius 2 is 1.94 bits per heavy atom. The van der Waals surface area contributed by atoms with E-state index in [0.717, 1.165) is 10.8 Å². The summed E-state index contributed by atoms with van der Waals surface area (Å²) in [6, 6.07) is 11.0. The van der Waals surface area contributed by atoms with E-state index in [4.69, 9.17) is 10.8 Å². The van der Waals surface area contributed by atoms with Gasteiger partial charge in [-0.25, -0.2) is 0 Å². The fourth-order valence-corrected chi connectivity index (χ4v) is 1.80. The summed E-state index contributed by atoms with van der Waals surface area (Å²) in [5, 5.41) is 13.6. The Morgan fingerprint density at radius 1 is 1.33 bits per heavy atom. The van der Waals surface area contributed by atoms with Gasteiger partial charge in [-0.3, -0.25) is 4.79 Å². The molecule has 0 saturated carbocycles. The third kappa shape index (κ3) is 2.43. The average molecular weight is 244 g/mol. The van der Waals surface area contributed by atoms with Crippen LogP contribution in [0.5, 0.6) is 0 Å². The van der Waals surface area contributed by atoms with Crippen molar-refractivity contribution in [1.82, 2.24) is 5.32 Å². The van der Waals surface area contributed by atoms with Gasteiger partial charge in [-0.1, -0.05) is 24.3 Å². The molecular weight excluding hydrogens is 228 g/mol. The predicted molar refractivity (Wildman–Crippen MR) is 72.4 cm³/mol. The molecule has 4 heteroatoms. The number of nitrogen functional groups attached to an aromatic ring is 1. The average Bonchev–Trinajstić information content (AvgIpc) is 2.37. The maximum atomic E-state index is 12.0. The Bertz CT molecular complexity index is 581. The van der Waals surface area contributed by atoms with Crippen molar-refractivity contribution >= 4 is 22.4 Å². The van der Waals surface area contributed by atoms with Crippen LogP contribution in [0.15, 0.2) is 36.4 Å². The summed E-state index contributed by atoms with van der Waals surface area (Å²) in [5.41, 5.74) is 6.76. The summed E-state index contributed by atoms with van der Waals surface area (Å²) in [6.45, 7) is 1.63. The highest BCUT2D eigenvalue weighted by Crippen LogP contribution is 2.21. The molecule has 94 valence electrons. The molecule has 2 aromatic rings. The van der Waals surface area contributed by atoms with Gasteiger partial charge in [0.25, 0.3) is 5.91 Å². The van der Waals surface area contributed by atoms with Crippen molar-refractivity contribution in [2.75, 3.05) is 12.3 Å². The fraction of sp³-hybridized carbons (Fsp3) is 0.214. The number of anilines is 1. The molecule has 4 N–H and O–H groups in total. The van der Waals surface area contributed by atoms with Gasteiger partial charge in [-0.15, -0.1) is 0 Å². The van der Waals surface area contributed by atoms with Crippen molar-refractivity contribution in [2.45, 2.75) is 13.0 Å². The van der Waals surface area contributed by atoms with E-state index >= 15 is 0 Å². The molecule has 4 nitrogen and oxygen atoms in total. The molecule has 0 spiro atoms. The van der Waals surface area contributed by atoms with Gasteiger partial charge in [0.05, 0.1) is 12.2 Å². The van der Waals surface area contributed by atoms with Crippen LogP contribution in [0.2, 0.25) is 0 Å². The Hall–Kier alpha value is -2.07. The Balaban J connectivity index is 2.38. The van der Waals surface area contributed by atoms with Gasteiger partial charge in [0.1, 0.15) is 0 Å². The summed E-state index contributed by atoms with van der Waals surface area (Å²) >= 11 is 0. The number of hydrogen-bond donors (Lipinski definition) is 3. The second-order valence-corrected chi connectivity index (χ2v) is 4.34. The number of hydrogen-bond acceptors (Lipinski definition) is 3. The summed E-state index contributed by atoms with van der Waals surface area (Å²) in [6.07, 6.45) is 0. The minimum Gasteiger partial charge on any atom is -0.398 e. The lowest BCUT2D eigenvalue weighted by Gasteiger charge is -2.12.